The van der Waals surface area contributed by atoms with Gasteiger partial charge in [0.1, 0.15) is 5.75 Å². The zero-order valence-corrected chi connectivity index (χ0v) is 9.14. The summed E-state index contributed by atoms with van der Waals surface area (Å²) in [5.41, 5.74) is 1.44. The highest BCUT2D eigenvalue weighted by Crippen LogP contribution is 2.19. The van der Waals surface area contributed by atoms with E-state index in [1.165, 1.54) is 0 Å². The number of ether oxygens (including phenoxy) is 1. The molecule has 1 aromatic carbocycles. The molecular formula is C12H10FNO3. The Kier molecular flexibility index (Phi) is 3.18. The molecule has 0 amide bonds. The van der Waals surface area contributed by atoms with Gasteiger partial charge < -0.3 is 4.74 Å². The van der Waals surface area contributed by atoms with Crippen molar-refractivity contribution in [3.63, 3.8) is 0 Å². The molecule has 88 valence electrons. The standard InChI is InChI=1S/C12H10FNO3/c1-16-10-6-9-4-8(5-12(15)17-13)2-3-11(9)14-7-10/h2-4,6-7H,5H2,1H3. The summed E-state index contributed by atoms with van der Waals surface area (Å²) in [7, 11) is 1.55. The summed E-state index contributed by atoms with van der Waals surface area (Å²) in [6.07, 6.45) is 1.50. The molecule has 0 bridgehead atoms. The van der Waals surface area contributed by atoms with E-state index in [9.17, 15) is 9.32 Å². The zero-order chi connectivity index (χ0) is 12.3. The molecule has 0 fully saturated rings. The maximum Gasteiger partial charge on any atom is 0.353 e. The normalized spacial score (nSPS) is 10.2. The minimum Gasteiger partial charge on any atom is -0.495 e. The highest BCUT2D eigenvalue weighted by atomic mass is 19.3. The maximum absolute atomic E-state index is 11.6. The summed E-state index contributed by atoms with van der Waals surface area (Å²) in [6, 6.07) is 7.02. The van der Waals surface area contributed by atoms with Gasteiger partial charge in [-0.2, -0.15) is 0 Å². The van der Waals surface area contributed by atoms with Crippen LogP contribution < -0.4 is 4.74 Å². The highest BCUT2D eigenvalue weighted by Gasteiger charge is 2.06. The summed E-state index contributed by atoms with van der Waals surface area (Å²) in [6.45, 7) is 0. The molecule has 0 atom stereocenters. The number of carbonyl (C=O) groups excluding carboxylic acids is 1. The lowest BCUT2D eigenvalue weighted by molar-refractivity contribution is -0.182. The first-order chi connectivity index (χ1) is 8.22. The quantitative estimate of drug-likeness (QED) is 0.818. The van der Waals surface area contributed by atoms with Crippen molar-refractivity contribution in [1.29, 1.82) is 0 Å². The number of rotatable bonds is 3. The number of fused-ring (bicyclic) bond motifs is 1. The first-order valence-electron chi connectivity index (χ1n) is 4.97. The summed E-state index contributed by atoms with van der Waals surface area (Å²) in [5.74, 6) is -0.289. The van der Waals surface area contributed by atoms with E-state index in [2.05, 4.69) is 9.93 Å². The number of halogens is 1. The first-order valence-corrected chi connectivity index (χ1v) is 4.97. The van der Waals surface area contributed by atoms with Crippen LogP contribution in [0.25, 0.3) is 10.9 Å². The van der Waals surface area contributed by atoms with E-state index < -0.39 is 5.97 Å². The van der Waals surface area contributed by atoms with Gasteiger partial charge in [-0.3, -0.25) is 9.93 Å². The van der Waals surface area contributed by atoms with E-state index in [1.54, 1.807) is 37.6 Å². The molecule has 5 heteroatoms. The van der Waals surface area contributed by atoms with Crippen LogP contribution in [0.2, 0.25) is 0 Å². The van der Waals surface area contributed by atoms with Gasteiger partial charge in [0.25, 0.3) is 0 Å². The van der Waals surface area contributed by atoms with Crippen molar-refractivity contribution in [2.75, 3.05) is 7.11 Å². The fourth-order valence-electron chi connectivity index (χ4n) is 1.58. The van der Waals surface area contributed by atoms with Gasteiger partial charge in [0, 0.05) is 9.91 Å². The fourth-order valence-corrected chi connectivity index (χ4v) is 1.58. The van der Waals surface area contributed by atoms with Crippen molar-refractivity contribution < 1.29 is 19.0 Å². The largest absolute Gasteiger partial charge is 0.495 e. The van der Waals surface area contributed by atoms with Crippen molar-refractivity contribution in [3.8, 4) is 5.75 Å². The average Bonchev–Trinajstić information content (AvgIpc) is 2.37. The van der Waals surface area contributed by atoms with Crippen LogP contribution in [0.4, 0.5) is 4.53 Å². The van der Waals surface area contributed by atoms with E-state index >= 15 is 0 Å². The third kappa shape index (κ3) is 2.50. The molecular weight excluding hydrogens is 225 g/mol. The van der Waals surface area contributed by atoms with Gasteiger partial charge in [0.2, 0.25) is 0 Å². The van der Waals surface area contributed by atoms with Crippen LogP contribution in [0.1, 0.15) is 5.56 Å². The van der Waals surface area contributed by atoms with Crippen LogP contribution in [0.5, 0.6) is 5.75 Å². The molecule has 0 aliphatic carbocycles. The van der Waals surface area contributed by atoms with E-state index in [-0.39, 0.29) is 6.42 Å². The van der Waals surface area contributed by atoms with Crippen LogP contribution in [-0.2, 0) is 16.2 Å². The summed E-state index contributed by atoms with van der Waals surface area (Å²) in [5, 5.41) is 0.827. The Labute approximate surface area is 96.9 Å². The average molecular weight is 235 g/mol. The Morgan fingerprint density at radius 3 is 2.94 bits per heavy atom. The summed E-state index contributed by atoms with van der Waals surface area (Å²) in [4.78, 5) is 18.1. The van der Waals surface area contributed by atoms with Gasteiger partial charge >= 0.3 is 5.97 Å². The Bertz CT molecular complexity index is 556. The van der Waals surface area contributed by atoms with Gasteiger partial charge in [-0.1, -0.05) is 6.07 Å². The number of aromatic nitrogens is 1. The van der Waals surface area contributed by atoms with Gasteiger partial charge in [-0.25, -0.2) is 4.79 Å². The smallest absolute Gasteiger partial charge is 0.353 e. The fraction of sp³-hybridized carbons (Fsp3) is 0.167. The Balaban J connectivity index is 2.37. The second kappa shape index (κ2) is 4.78. The highest BCUT2D eigenvalue weighted by molar-refractivity contribution is 5.82. The summed E-state index contributed by atoms with van der Waals surface area (Å²) >= 11 is 0. The molecule has 0 aliphatic heterocycles. The first kappa shape index (κ1) is 11.3. The lowest BCUT2D eigenvalue weighted by atomic mass is 10.1. The van der Waals surface area contributed by atoms with Crippen LogP contribution in [-0.4, -0.2) is 18.1 Å². The molecule has 2 aromatic rings. The second-order valence-corrected chi connectivity index (χ2v) is 3.53. The molecule has 0 spiro atoms. The van der Waals surface area contributed by atoms with Gasteiger partial charge in [0.15, 0.2) is 0 Å². The number of benzene rings is 1. The van der Waals surface area contributed by atoms with E-state index in [0.29, 0.717) is 11.3 Å². The molecule has 2 rings (SSSR count). The number of carbonyl (C=O) groups is 1. The monoisotopic (exact) mass is 235 g/mol. The van der Waals surface area contributed by atoms with Crippen molar-refractivity contribution in [3.05, 3.63) is 36.0 Å². The minimum atomic E-state index is -0.916. The van der Waals surface area contributed by atoms with Crippen molar-refractivity contribution >= 4 is 16.9 Å². The predicted octanol–water partition coefficient (Wildman–Crippen LogP) is 2.21. The SMILES string of the molecule is COc1cnc2ccc(CC(=O)OF)cc2c1. The number of hydrogen-bond acceptors (Lipinski definition) is 4. The molecule has 0 saturated heterocycles. The number of pyridine rings is 1. The van der Waals surface area contributed by atoms with Gasteiger partial charge in [0.05, 0.1) is 25.2 Å². The predicted molar refractivity (Wildman–Crippen MR) is 59.2 cm³/mol. The Hall–Kier alpha value is -2.17. The molecule has 0 aliphatic rings. The zero-order valence-electron chi connectivity index (χ0n) is 9.14. The van der Waals surface area contributed by atoms with E-state index in [4.69, 9.17) is 4.74 Å². The molecule has 0 saturated carbocycles. The van der Waals surface area contributed by atoms with E-state index in [0.717, 1.165) is 10.9 Å². The molecule has 0 N–H and O–H groups in total. The Morgan fingerprint density at radius 1 is 1.41 bits per heavy atom. The van der Waals surface area contributed by atoms with Crippen molar-refractivity contribution in [2.45, 2.75) is 6.42 Å². The van der Waals surface area contributed by atoms with Crippen LogP contribution in [0.15, 0.2) is 30.5 Å². The van der Waals surface area contributed by atoms with Crippen molar-refractivity contribution in [2.24, 2.45) is 0 Å². The topological polar surface area (TPSA) is 48.4 Å². The van der Waals surface area contributed by atoms with Gasteiger partial charge in [-0.05, 0) is 23.8 Å². The van der Waals surface area contributed by atoms with Crippen molar-refractivity contribution in [1.82, 2.24) is 4.98 Å². The summed E-state index contributed by atoms with van der Waals surface area (Å²) < 4.78 is 16.7. The molecule has 4 nitrogen and oxygen atoms in total. The lowest BCUT2D eigenvalue weighted by Gasteiger charge is -2.03. The molecule has 1 aromatic heterocycles. The molecule has 0 radical (unpaired) electrons. The van der Waals surface area contributed by atoms with Crippen LogP contribution in [0.3, 0.4) is 0 Å². The second-order valence-electron chi connectivity index (χ2n) is 3.53. The molecule has 1 heterocycles. The minimum absolute atomic E-state index is 0.107. The maximum atomic E-state index is 11.6. The number of methoxy groups -OCH3 is 1. The van der Waals surface area contributed by atoms with Gasteiger partial charge in [-0.15, -0.1) is 0 Å². The third-order valence-electron chi connectivity index (χ3n) is 2.39. The number of nitrogens with zero attached hydrogens (tertiary/aromatic N) is 1. The lowest BCUT2D eigenvalue weighted by Crippen LogP contribution is -2.02. The Morgan fingerprint density at radius 2 is 2.24 bits per heavy atom. The van der Waals surface area contributed by atoms with E-state index in [1.807, 2.05) is 0 Å². The van der Waals surface area contributed by atoms with Crippen LogP contribution in [0, 0.1) is 0 Å². The molecule has 17 heavy (non-hydrogen) atoms. The third-order valence-corrected chi connectivity index (χ3v) is 2.39. The van der Waals surface area contributed by atoms with Crippen LogP contribution >= 0.6 is 0 Å². The molecule has 0 unspecified atom stereocenters. The number of hydrogen-bond donors (Lipinski definition) is 0.